The zero-order valence-corrected chi connectivity index (χ0v) is 12.6. The van der Waals surface area contributed by atoms with E-state index in [4.69, 9.17) is 0 Å². The summed E-state index contributed by atoms with van der Waals surface area (Å²) in [5.74, 6) is -0.931. The van der Waals surface area contributed by atoms with Gasteiger partial charge in [0.25, 0.3) is 0 Å². The smallest absolute Gasteiger partial charge is 0.234 e. The molecule has 1 fully saturated rings. The summed E-state index contributed by atoms with van der Waals surface area (Å²) < 4.78 is 24.1. The molecule has 0 aromatic heterocycles. The highest BCUT2D eigenvalue weighted by Gasteiger charge is 2.32. The van der Waals surface area contributed by atoms with Gasteiger partial charge in [-0.25, -0.2) is 8.42 Å². The molecule has 2 amide bonds. The van der Waals surface area contributed by atoms with Gasteiger partial charge in [-0.3, -0.25) is 9.59 Å². The second kappa shape index (κ2) is 7.42. The Kier molecular flexibility index (Phi) is 6.19. The van der Waals surface area contributed by atoms with Crippen LogP contribution in [0.1, 0.15) is 25.7 Å². The van der Waals surface area contributed by atoms with Crippen molar-refractivity contribution in [3.8, 4) is 0 Å². The minimum atomic E-state index is -3.43. The predicted octanol–water partition coefficient (Wildman–Crippen LogP) is 0.104. The van der Waals surface area contributed by atoms with Crippen molar-refractivity contribution in [3.63, 3.8) is 0 Å². The molecule has 114 valence electrons. The predicted molar refractivity (Wildman–Crippen MR) is 76.9 cm³/mol. The topological polar surface area (TPSA) is 83.6 Å². The van der Waals surface area contributed by atoms with Crippen LogP contribution in [0.25, 0.3) is 0 Å². The van der Waals surface area contributed by atoms with Crippen molar-refractivity contribution >= 4 is 21.7 Å². The van der Waals surface area contributed by atoms with Gasteiger partial charge in [-0.05, 0) is 19.3 Å². The van der Waals surface area contributed by atoms with Gasteiger partial charge in [-0.2, -0.15) is 0 Å². The van der Waals surface area contributed by atoms with Crippen molar-refractivity contribution in [2.45, 2.75) is 30.9 Å². The Morgan fingerprint density at radius 1 is 1.35 bits per heavy atom. The van der Waals surface area contributed by atoms with E-state index in [1.54, 1.807) is 11.0 Å². The van der Waals surface area contributed by atoms with E-state index in [2.05, 4.69) is 11.9 Å². The molecular weight excluding hydrogens is 280 g/mol. The number of sulfone groups is 1. The number of carbonyl (C=O) groups is 2. The lowest BCUT2D eigenvalue weighted by atomic mass is 10.1. The number of nitrogens with zero attached hydrogens (tertiary/aromatic N) is 1. The molecule has 1 N–H and O–H groups in total. The molecule has 0 aromatic rings. The summed E-state index contributed by atoms with van der Waals surface area (Å²) >= 11 is 0. The van der Waals surface area contributed by atoms with Gasteiger partial charge < -0.3 is 10.2 Å². The van der Waals surface area contributed by atoms with Crippen LogP contribution < -0.4 is 5.32 Å². The standard InChI is InChI=1S/C13H22N2O4S/c1-3-4-5-13(17)15-8-6-11(7-9-15)20(18,19)10-12(16)14-2/h3,11H,1,4-10H2,2H3,(H,14,16). The van der Waals surface area contributed by atoms with E-state index in [0.717, 1.165) is 0 Å². The Hall–Kier alpha value is -1.37. The Bertz CT molecular complexity index is 465. The Labute approximate surface area is 120 Å². The number of hydrogen-bond donors (Lipinski definition) is 1. The minimum Gasteiger partial charge on any atom is -0.358 e. The van der Waals surface area contributed by atoms with Crippen LogP contribution in [0, 0.1) is 0 Å². The van der Waals surface area contributed by atoms with Crippen LogP contribution in [0.5, 0.6) is 0 Å². The molecule has 0 saturated carbocycles. The second-order valence-corrected chi connectivity index (χ2v) is 7.17. The first-order chi connectivity index (χ1) is 9.40. The van der Waals surface area contributed by atoms with E-state index < -0.39 is 26.7 Å². The highest BCUT2D eigenvalue weighted by molar-refractivity contribution is 7.92. The Balaban J connectivity index is 2.51. The van der Waals surface area contributed by atoms with Gasteiger partial charge in [0.15, 0.2) is 9.84 Å². The molecule has 0 spiro atoms. The highest BCUT2D eigenvalue weighted by atomic mass is 32.2. The van der Waals surface area contributed by atoms with Crippen LogP contribution >= 0.6 is 0 Å². The van der Waals surface area contributed by atoms with Crippen LogP contribution in [0.3, 0.4) is 0 Å². The minimum absolute atomic E-state index is 0.0343. The normalized spacial score (nSPS) is 16.8. The van der Waals surface area contributed by atoms with Crippen molar-refractivity contribution in [2.24, 2.45) is 0 Å². The zero-order valence-electron chi connectivity index (χ0n) is 11.8. The fraction of sp³-hybridized carbons (Fsp3) is 0.692. The molecule has 0 bridgehead atoms. The number of amides is 2. The third-order valence-electron chi connectivity index (χ3n) is 3.48. The maximum atomic E-state index is 12.0. The summed E-state index contributed by atoms with van der Waals surface area (Å²) in [6.07, 6.45) is 3.55. The molecule has 0 aromatic carbocycles. The van der Waals surface area contributed by atoms with Crippen molar-refractivity contribution in [3.05, 3.63) is 12.7 Å². The molecule has 6 nitrogen and oxygen atoms in total. The summed E-state index contributed by atoms with van der Waals surface area (Å²) in [7, 11) is -2.01. The van der Waals surface area contributed by atoms with Gasteiger partial charge in [0.2, 0.25) is 11.8 Å². The Morgan fingerprint density at radius 2 is 1.95 bits per heavy atom. The molecule has 1 rings (SSSR count). The number of carbonyl (C=O) groups excluding carboxylic acids is 2. The van der Waals surface area contributed by atoms with Crippen molar-refractivity contribution in [2.75, 3.05) is 25.9 Å². The third-order valence-corrected chi connectivity index (χ3v) is 5.63. The third kappa shape index (κ3) is 4.63. The largest absolute Gasteiger partial charge is 0.358 e. The molecule has 0 radical (unpaired) electrons. The summed E-state index contributed by atoms with van der Waals surface area (Å²) in [4.78, 5) is 24.7. The first kappa shape index (κ1) is 16.7. The molecule has 0 unspecified atom stereocenters. The first-order valence-electron chi connectivity index (χ1n) is 6.71. The fourth-order valence-electron chi connectivity index (χ4n) is 2.22. The molecule has 1 aliphatic rings. The number of piperidine rings is 1. The van der Waals surface area contributed by atoms with Crippen LogP contribution in [0.4, 0.5) is 0 Å². The van der Waals surface area contributed by atoms with Gasteiger partial charge >= 0.3 is 0 Å². The van der Waals surface area contributed by atoms with Gasteiger partial charge in [-0.1, -0.05) is 6.08 Å². The number of likely N-dealkylation sites (tertiary alicyclic amines) is 1. The van der Waals surface area contributed by atoms with E-state index in [-0.39, 0.29) is 5.91 Å². The summed E-state index contributed by atoms with van der Waals surface area (Å²) in [5, 5.41) is 1.79. The molecule has 7 heteroatoms. The quantitative estimate of drug-likeness (QED) is 0.706. The number of rotatable bonds is 6. The number of allylic oxidation sites excluding steroid dienone is 1. The fourth-order valence-corrected chi connectivity index (χ4v) is 3.90. The van der Waals surface area contributed by atoms with E-state index in [1.807, 2.05) is 0 Å². The molecule has 1 aliphatic heterocycles. The maximum absolute atomic E-state index is 12.0. The summed E-state index contributed by atoms with van der Waals surface area (Å²) in [6, 6.07) is 0. The molecule has 20 heavy (non-hydrogen) atoms. The summed E-state index contributed by atoms with van der Waals surface area (Å²) in [6.45, 7) is 4.45. The van der Waals surface area contributed by atoms with E-state index >= 15 is 0 Å². The van der Waals surface area contributed by atoms with E-state index in [1.165, 1.54) is 7.05 Å². The average Bonchev–Trinajstić information content (AvgIpc) is 2.44. The lowest BCUT2D eigenvalue weighted by Gasteiger charge is -2.31. The van der Waals surface area contributed by atoms with Crippen LogP contribution in [0.2, 0.25) is 0 Å². The van der Waals surface area contributed by atoms with Crippen molar-refractivity contribution < 1.29 is 18.0 Å². The van der Waals surface area contributed by atoms with Crippen LogP contribution in [-0.4, -0.2) is 56.3 Å². The maximum Gasteiger partial charge on any atom is 0.234 e. The second-order valence-electron chi connectivity index (χ2n) is 4.89. The van der Waals surface area contributed by atoms with Crippen LogP contribution in [0.15, 0.2) is 12.7 Å². The molecule has 0 atom stereocenters. The van der Waals surface area contributed by atoms with E-state index in [9.17, 15) is 18.0 Å². The van der Waals surface area contributed by atoms with Gasteiger partial charge in [0.05, 0.1) is 5.25 Å². The molecule has 0 aliphatic carbocycles. The highest BCUT2D eigenvalue weighted by Crippen LogP contribution is 2.19. The lowest BCUT2D eigenvalue weighted by Crippen LogP contribution is -2.44. The molecule has 1 heterocycles. The number of hydrogen-bond acceptors (Lipinski definition) is 4. The van der Waals surface area contributed by atoms with Gasteiger partial charge in [0.1, 0.15) is 5.75 Å². The van der Waals surface area contributed by atoms with Crippen molar-refractivity contribution in [1.29, 1.82) is 0 Å². The van der Waals surface area contributed by atoms with Crippen molar-refractivity contribution in [1.82, 2.24) is 10.2 Å². The lowest BCUT2D eigenvalue weighted by molar-refractivity contribution is -0.132. The monoisotopic (exact) mass is 302 g/mol. The molecule has 1 saturated heterocycles. The van der Waals surface area contributed by atoms with Gasteiger partial charge in [-0.15, -0.1) is 6.58 Å². The number of nitrogens with one attached hydrogen (secondary N) is 1. The SMILES string of the molecule is C=CCCC(=O)N1CCC(S(=O)(=O)CC(=O)NC)CC1. The van der Waals surface area contributed by atoms with Crippen LogP contribution in [-0.2, 0) is 19.4 Å². The zero-order chi connectivity index (χ0) is 15.2. The first-order valence-corrected chi connectivity index (χ1v) is 8.43. The molecular formula is C13H22N2O4S. The van der Waals surface area contributed by atoms with E-state index in [0.29, 0.717) is 38.8 Å². The average molecular weight is 302 g/mol. The summed E-state index contributed by atoms with van der Waals surface area (Å²) in [5.41, 5.74) is 0. The Morgan fingerprint density at radius 3 is 2.45 bits per heavy atom. The van der Waals surface area contributed by atoms with Gasteiger partial charge in [0, 0.05) is 26.6 Å².